The first-order valence-corrected chi connectivity index (χ1v) is 6.43. The second-order valence-corrected chi connectivity index (χ2v) is 5.38. The number of carbonyl (C=O) groups is 1. The predicted octanol–water partition coefficient (Wildman–Crippen LogP) is 2.84. The molecule has 2 rings (SSSR count). The van der Waals surface area contributed by atoms with Crippen LogP contribution < -0.4 is 4.90 Å². The van der Waals surface area contributed by atoms with Crippen molar-refractivity contribution in [3.8, 4) is 0 Å². The van der Waals surface area contributed by atoms with E-state index in [-0.39, 0.29) is 5.78 Å². The molecule has 0 aromatic heterocycles. The number of hydrogen-bond acceptors (Lipinski definition) is 2. The zero-order valence-electron chi connectivity index (χ0n) is 11.0. The van der Waals surface area contributed by atoms with Crippen LogP contribution in [0.15, 0.2) is 18.2 Å². The second kappa shape index (κ2) is 4.91. The Balaban J connectivity index is 2.25. The van der Waals surface area contributed by atoms with Gasteiger partial charge in [-0.15, -0.1) is 0 Å². The Morgan fingerprint density at radius 3 is 2.82 bits per heavy atom. The lowest BCUT2D eigenvalue weighted by molar-refractivity contribution is -0.116. The average Bonchev–Trinajstić information content (AvgIpc) is 2.61. The van der Waals surface area contributed by atoms with Crippen LogP contribution in [0.3, 0.4) is 0 Å². The minimum Gasteiger partial charge on any atom is -0.371 e. The predicted molar refractivity (Wildman–Crippen MR) is 71.6 cm³/mol. The van der Waals surface area contributed by atoms with Crippen LogP contribution in [0.25, 0.3) is 0 Å². The molecule has 0 spiro atoms. The molecule has 1 aliphatic rings. The molecule has 1 aromatic carbocycles. The molecule has 0 N–H and O–H groups in total. The second-order valence-electron chi connectivity index (χ2n) is 5.38. The molecule has 1 aromatic rings. The normalized spacial score (nSPS) is 14.2. The average molecular weight is 231 g/mol. The monoisotopic (exact) mass is 231 g/mol. The van der Waals surface area contributed by atoms with Gasteiger partial charge in [0.05, 0.1) is 0 Å². The Hall–Kier alpha value is -1.31. The topological polar surface area (TPSA) is 20.3 Å². The van der Waals surface area contributed by atoms with Crippen LogP contribution in [-0.4, -0.2) is 18.9 Å². The number of rotatable bonds is 4. The minimum absolute atomic E-state index is 0.251. The minimum atomic E-state index is 0.251. The molecule has 2 nitrogen and oxygen atoms in total. The maximum absolute atomic E-state index is 11.3. The van der Waals surface area contributed by atoms with Crippen molar-refractivity contribution in [3.63, 3.8) is 0 Å². The summed E-state index contributed by atoms with van der Waals surface area (Å²) in [7, 11) is 0. The van der Waals surface area contributed by atoms with Crippen LogP contribution in [-0.2, 0) is 17.6 Å². The van der Waals surface area contributed by atoms with Crippen LogP contribution >= 0.6 is 0 Å². The fourth-order valence-corrected chi connectivity index (χ4v) is 2.64. The quantitative estimate of drug-likeness (QED) is 0.794. The van der Waals surface area contributed by atoms with E-state index in [1.54, 1.807) is 6.92 Å². The van der Waals surface area contributed by atoms with Gasteiger partial charge in [0.1, 0.15) is 5.78 Å². The molecule has 92 valence electrons. The molecular weight excluding hydrogens is 210 g/mol. The zero-order chi connectivity index (χ0) is 12.4. The largest absolute Gasteiger partial charge is 0.371 e. The Labute approximate surface area is 104 Å². The van der Waals surface area contributed by atoms with E-state index in [1.165, 1.54) is 16.8 Å². The SMILES string of the molecule is CC(=O)Cc1cccc2c1CCN2CC(C)C. The van der Waals surface area contributed by atoms with Gasteiger partial charge in [-0.1, -0.05) is 26.0 Å². The van der Waals surface area contributed by atoms with Crippen molar-refractivity contribution >= 4 is 11.5 Å². The fourth-order valence-electron chi connectivity index (χ4n) is 2.64. The van der Waals surface area contributed by atoms with Gasteiger partial charge in [0.2, 0.25) is 0 Å². The van der Waals surface area contributed by atoms with Gasteiger partial charge in [-0.3, -0.25) is 4.79 Å². The number of anilines is 1. The lowest BCUT2D eigenvalue weighted by atomic mass is 10.0. The maximum atomic E-state index is 11.3. The molecule has 1 heterocycles. The molecule has 0 saturated heterocycles. The van der Waals surface area contributed by atoms with Crippen molar-refractivity contribution in [1.82, 2.24) is 0 Å². The van der Waals surface area contributed by atoms with Crippen molar-refractivity contribution in [2.75, 3.05) is 18.0 Å². The van der Waals surface area contributed by atoms with Crippen molar-refractivity contribution in [1.29, 1.82) is 0 Å². The highest BCUT2D eigenvalue weighted by Gasteiger charge is 2.22. The third-order valence-corrected chi connectivity index (χ3v) is 3.25. The fraction of sp³-hybridized carbons (Fsp3) is 0.533. The van der Waals surface area contributed by atoms with Gasteiger partial charge in [0.25, 0.3) is 0 Å². The Kier molecular flexibility index (Phi) is 3.51. The van der Waals surface area contributed by atoms with Gasteiger partial charge in [0.15, 0.2) is 0 Å². The molecule has 0 aliphatic carbocycles. The highest BCUT2D eigenvalue weighted by Crippen LogP contribution is 2.31. The van der Waals surface area contributed by atoms with Gasteiger partial charge in [-0.05, 0) is 36.5 Å². The maximum Gasteiger partial charge on any atom is 0.134 e. The van der Waals surface area contributed by atoms with Gasteiger partial charge in [-0.25, -0.2) is 0 Å². The van der Waals surface area contributed by atoms with Crippen molar-refractivity contribution in [3.05, 3.63) is 29.3 Å². The summed E-state index contributed by atoms with van der Waals surface area (Å²) in [5.74, 6) is 0.929. The Bertz CT molecular complexity index is 423. The number of ketones is 1. The zero-order valence-corrected chi connectivity index (χ0v) is 11.0. The van der Waals surface area contributed by atoms with E-state index < -0.39 is 0 Å². The van der Waals surface area contributed by atoms with Crippen LogP contribution in [0, 0.1) is 5.92 Å². The summed E-state index contributed by atoms with van der Waals surface area (Å²) in [5, 5.41) is 0. The molecule has 0 saturated carbocycles. The third kappa shape index (κ3) is 2.68. The van der Waals surface area contributed by atoms with E-state index in [9.17, 15) is 4.79 Å². The molecule has 0 bridgehead atoms. The Morgan fingerprint density at radius 1 is 1.41 bits per heavy atom. The van der Waals surface area contributed by atoms with Crippen molar-refractivity contribution < 1.29 is 4.79 Å². The van der Waals surface area contributed by atoms with Crippen molar-refractivity contribution in [2.24, 2.45) is 5.92 Å². The standard InChI is InChI=1S/C15H21NO/c1-11(2)10-16-8-7-14-13(9-12(3)17)5-4-6-15(14)16/h4-6,11H,7-10H2,1-3H3. The Morgan fingerprint density at radius 2 is 2.18 bits per heavy atom. The summed E-state index contributed by atoms with van der Waals surface area (Å²) < 4.78 is 0. The summed E-state index contributed by atoms with van der Waals surface area (Å²) in [5.41, 5.74) is 3.96. The van der Waals surface area contributed by atoms with Crippen LogP contribution in [0.1, 0.15) is 31.9 Å². The van der Waals surface area contributed by atoms with E-state index in [2.05, 4.69) is 36.9 Å². The van der Waals surface area contributed by atoms with Gasteiger partial charge >= 0.3 is 0 Å². The van der Waals surface area contributed by atoms with Crippen LogP contribution in [0.5, 0.6) is 0 Å². The molecule has 1 aliphatic heterocycles. The number of fused-ring (bicyclic) bond motifs is 1. The smallest absolute Gasteiger partial charge is 0.134 e. The number of nitrogens with zero attached hydrogens (tertiary/aromatic N) is 1. The number of benzene rings is 1. The molecule has 0 unspecified atom stereocenters. The number of carbonyl (C=O) groups excluding carboxylic acids is 1. The third-order valence-electron chi connectivity index (χ3n) is 3.25. The van der Waals surface area contributed by atoms with Crippen LogP contribution in [0.2, 0.25) is 0 Å². The van der Waals surface area contributed by atoms with E-state index in [0.29, 0.717) is 12.3 Å². The molecule has 0 atom stereocenters. The summed E-state index contributed by atoms with van der Waals surface area (Å²) in [4.78, 5) is 13.7. The lowest BCUT2D eigenvalue weighted by Crippen LogP contribution is -2.25. The van der Waals surface area contributed by atoms with Gasteiger partial charge in [-0.2, -0.15) is 0 Å². The van der Waals surface area contributed by atoms with E-state index >= 15 is 0 Å². The van der Waals surface area contributed by atoms with E-state index in [1.807, 2.05) is 0 Å². The molecule has 2 heteroatoms. The molecule has 0 amide bonds. The van der Waals surface area contributed by atoms with Gasteiger partial charge in [0, 0.05) is 25.2 Å². The molecule has 0 fully saturated rings. The molecular formula is C15H21NO. The first-order valence-electron chi connectivity index (χ1n) is 6.43. The molecule has 17 heavy (non-hydrogen) atoms. The van der Waals surface area contributed by atoms with Gasteiger partial charge < -0.3 is 4.90 Å². The highest BCUT2D eigenvalue weighted by atomic mass is 16.1. The summed E-state index contributed by atoms with van der Waals surface area (Å²) in [6.07, 6.45) is 1.67. The first kappa shape index (κ1) is 12.2. The highest BCUT2D eigenvalue weighted by molar-refractivity contribution is 5.79. The summed E-state index contributed by atoms with van der Waals surface area (Å²) in [6.45, 7) is 8.37. The summed E-state index contributed by atoms with van der Waals surface area (Å²) in [6, 6.07) is 6.36. The van der Waals surface area contributed by atoms with Crippen LogP contribution in [0.4, 0.5) is 5.69 Å². The molecule has 0 radical (unpaired) electrons. The van der Waals surface area contributed by atoms with E-state index in [0.717, 1.165) is 19.5 Å². The van der Waals surface area contributed by atoms with E-state index in [4.69, 9.17) is 0 Å². The summed E-state index contributed by atoms with van der Waals surface area (Å²) >= 11 is 0. The van der Waals surface area contributed by atoms with Crippen molar-refractivity contribution in [2.45, 2.75) is 33.6 Å². The lowest BCUT2D eigenvalue weighted by Gasteiger charge is -2.21. The number of Topliss-reactive ketones (excluding diaryl/α,β-unsaturated/α-hetero) is 1. The first-order chi connectivity index (χ1) is 8.08. The number of hydrogen-bond donors (Lipinski definition) is 0.